The standard InChI is InChI=1S/C11H13FO2.2C2H2/c12-9-2-4-11-8(7-9)1-3-10(14-11)5-6-13;2*1-2/h2,4,7,10,13H,1,3,5-6H2;2*1-2H. The average Bonchev–Trinajstić information content (AvgIpc) is 2.44. The van der Waals surface area contributed by atoms with Crippen molar-refractivity contribution in [1.29, 1.82) is 0 Å². The van der Waals surface area contributed by atoms with Crippen LogP contribution in [-0.4, -0.2) is 17.8 Å². The van der Waals surface area contributed by atoms with E-state index in [2.05, 4.69) is 25.7 Å². The van der Waals surface area contributed by atoms with E-state index in [0.29, 0.717) is 6.42 Å². The number of rotatable bonds is 2. The molecular weight excluding hydrogens is 231 g/mol. The van der Waals surface area contributed by atoms with E-state index in [1.54, 1.807) is 6.07 Å². The van der Waals surface area contributed by atoms with Crippen molar-refractivity contribution in [2.24, 2.45) is 0 Å². The minimum atomic E-state index is -0.215. The SMILES string of the molecule is C#C.C#C.OCCC1CCc2cc(F)ccc2O1. The zero-order valence-electron chi connectivity index (χ0n) is 10.2. The summed E-state index contributed by atoms with van der Waals surface area (Å²) in [5, 5.41) is 8.77. The highest BCUT2D eigenvalue weighted by molar-refractivity contribution is 5.35. The van der Waals surface area contributed by atoms with Crippen molar-refractivity contribution >= 4 is 0 Å². The van der Waals surface area contributed by atoms with E-state index in [4.69, 9.17) is 9.84 Å². The molecule has 1 heterocycles. The molecule has 1 aliphatic rings. The van der Waals surface area contributed by atoms with E-state index in [1.807, 2.05) is 0 Å². The fourth-order valence-electron chi connectivity index (χ4n) is 1.76. The van der Waals surface area contributed by atoms with Crippen LogP contribution >= 0.6 is 0 Å². The molecule has 1 N–H and O–H groups in total. The third kappa shape index (κ3) is 4.49. The van der Waals surface area contributed by atoms with Gasteiger partial charge in [0.05, 0.1) is 0 Å². The van der Waals surface area contributed by atoms with Gasteiger partial charge in [0.1, 0.15) is 17.7 Å². The lowest BCUT2D eigenvalue weighted by Gasteiger charge is -2.25. The minimum Gasteiger partial charge on any atom is -0.490 e. The van der Waals surface area contributed by atoms with Crippen LogP contribution in [0.1, 0.15) is 18.4 Å². The molecule has 3 heteroatoms. The molecule has 1 unspecified atom stereocenters. The molecule has 2 nitrogen and oxygen atoms in total. The summed E-state index contributed by atoms with van der Waals surface area (Å²) >= 11 is 0. The summed E-state index contributed by atoms with van der Waals surface area (Å²) in [6.45, 7) is 0.140. The molecule has 1 atom stereocenters. The molecule has 0 saturated heterocycles. The highest BCUT2D eigenvalue weighted by Gasteiger charge is 2.19. The Hall–Kier alpha value is -1.97. The van der Waals surface area contributed by atoms with Gasteiger partial charge in [-0.2, -0.15) is 0 Å². The quantitative estimate of drug-likeness (QED) is 0.814. The van der Waals surface area contributed by atoms with Crippen molar-refractivity contribution in [2.45, 2.75) is 25.4 Å². The van der Waals surface area contributed by atoms with Gasteiger partial charge in [-0.1, -0.05) is 0 Å². The van der Waals surface area contributed by atoms with Gasteiger partial charge in [-0.3, -0.25) is 0 Å². The van der Waals surface area contributed by atoms with Crippen LogP contribution in [0.5, 0.6) is 5.75 Å². The van der Waals surface area contributed by atoms with Crippen LogP contribution in [0, 0.1) is 31.5 Å². The first kappa shape index (κ1) is 16.0. The Morgan fingerprint density at radius 2 is 1.94 bits per heavy atom. The topological polar surface area (TPSA) is 29.5 Å². The first-order valence-corrected chi connectivity index (χ1v) is 5.52. The molecule has 1 aliphatic heterocycles. The van der Waals surface area contributed by atoms with Gasteiger partial charge in [-0.15, -0.1) is 25.7 Å². The Bertz CT molecular complexity index is 390. The lowest BCUT2D eigenvalue weighted by Crippen LogP contribution is -2.23. The van der Waals surface area contributed by atoms with Gasteiger partial charge >= 0.3 is 0 Å². The summed E-state index contributed by atoms with van der Waals surface area (Å²) in [6.07, 6.45) is 18.4. The smallest absolute Gasteiger partial charge is 0.123 e. The maximum absolute atomic E-state index is 12.8. The van der Waals surface area contributed by atoms with Crippen molar-refractivity contribution in [3.63, 3.8) is 0 Å². The van der Waals surface area contributed by atoms with Crippen LogP contribution in [0.25, 0.3) is 0 Å². The Labute approximate surface area is 108 Å². The van der Waals surface area contributed by atoms with Gasteiger partial charge in [0.25, 0.3) is 0 Å². The molecule has 96 valence electrons. The van der Waals surface area contributed by atoms with Crippen LogP contribution in [0.4, 0.5) is 4.39 Å². The van der Waals surface area contributed by atoms with E-state index in [1.165, 1.54) is 12.1 Å². The third-order valence-electron chi connectivity index (χ3n) is 2.50. The van der Waals surface area contributed by atoms with Crippen molar-refractivity contribution in [1.82, 2.24) is 0 Å². The third-order valence-corrected chi connectivity index (χ3v) is 2.50. The van der Waals surface area contributed by atoms with E-state index >= 15 is 0 Å². The molecule has 0 aromatic heterocycles. The number of benzene rings is 1. The molecule has 18 heavy (non-hydrogen) atoms. The molecule has 2 rings (SSSR count). The molecule has 0 saturated carbocycles. The molecule has 1 aromatic carbocycles. The van der Waals surface area contributed by atoms with E-state index in [0.717, 1.165) is 24.2 Å². The number of halogens is 1. The van der Waals surface area contributed by atoms with Crippen LogP contribution in [0.2, 0.25) is 0 Å². The summed E-state index contributed by atoms with van der Waals surface area (Å²) in [6, 6.07) is 4.58. The number of aliphatic hydroxyl groups is 1. The average molecular weight is 248 g/mol. The predicted octanol–water partition coefficient (Wildman–Crippen LogP) is 2.40. The first-order valence-electron chi connectivity index (χ1n) is 5.52. The number of terminal acetylenes is 2. The lowest BCUT2D eigenvalue weighted by molar-refractivity contribution is 0.133. The number of aliphatic hydroxyl groups excluding tert-OH is 1. The summed E-state index contributed by atoms with van der Waals surface area (Å²) in [4.78, 5) is 0. The highest BCUT2D eigenvalue weighted by Crippen LogP contribution is 2.28. The fourth-order valence-corrected chi connectivity index (χ4v) is 1.76. The number of hydrogen-bond acceptors (Lipinski definition) is 2. The van der Waals surface area contributed by atoms with Crippen molar-refractivity contribution in [2.75, 3.05) is 6.61 Å². The first-order chi connectivity index (χ1) is 8.79. The Morgan fingerprint density at radius 1 is 1.28 bits per heavy atom. The van der Waals surface area contributed by atoms with Crippen molar-refractivity contribution in [3.05, 3.63) is 29.6 Å². The summed E-state index contributed by atoms with van der Waals surface area (Å²) in [5.74, 6) is 0.545. The molecular formula is C15H17FO2. The normalized spacial score (nSPS) is 15.8. The maximum atomic E-state index is 12.8. The zero-order chi connectivity index (χ0) is 14.0. The number of ether oxygens (including phenoxy) is 1. The van der Waals surface area contributed by atoms with Crippen LogP contribution < -0.4 is 4.74 Å². The van der Waals surface area contributed by atoms with Crippen molar-refractivity contribution < 1.29 is 14.2 Å². The Balaban J connectivity index is 0.000000659. The van der Waals surface area contributed by atoms with Gasteiger partial charge in [0.15, 0.2) is 0 Å². The Kier molecular flexibility index (Phi) is 8.10. The number of fused-ring (bicyclic) bond motifs is 1. The van der Waals surface area contributed by atoms with Gasteiger partial charge in [0, 0.05) is 13.0 Å². The summed E-state index contributed by atoms with van der Waals surface area (Å²) < 4.78 is 18.4. The monoisotopic (exact) mass is 248 g/mol. The van der Waals surface area contributed by atoms with Crippen LogP contribution in [-0.2, 0) is 6.42 Å². The maximum Gasteiger partial charge on any atom is 0.123 e. The second-order valence-electron chi connectivity index (χ2n) is 3.54. The van der Waals surface area contributed by atoms with E-state index in [9.17, 15) is 4.39 Å². The van der Waals surface area contributed by atoms with E-state index < -0.39 is 0 Å². The van der Waals surface area contributed by atoms with Gasteiger partial charge in [-0.05, 0) is 36.6 Å². The minimum absolute atomic E-state index is 0.0814. The van der Waals surface area contributed by atoms with Gasteiger partial charge in [-0.25, -0.2) is 4.39 Å². The van der Waals surface area contributed by atoms with Crippen molar-refractivity contribution in [3.8, 4) is 31.4 Å². The largest absolute Gasteiger partial charge is 0.490 e. The van der Waals surface area contributed by atoms with Gasteiger partial charge in [0.2, 0.25) is 0 Å². The van der Waals surface area contributed by atoms with Crippen LogP contribution in [0.3, 0.4) is 0 Å². The molecule has 0 amide bonds. The second kappa shape index (κ2) is 9.10. The van der Waals surface area contributed by atoms with Gasteiger partial charge < -0.3 is 9.84 Å². The predicted molar refractivity (Wildman–Crippen MR) is 70.6 cm³/mol. The molecule has 1 aromatic rings. The molecule has 0 radical (unpaired) electrons. The zero-order valence-corrected chi connectivity index (χ0v) is 10.2. The summed E-state index contributed by atoms with van der Waals surface area (Å²) in [5.41, 5.74) is 0.930. The number of aryl methyl sites for hydroxylation is 1. The lowest BCUT2D eigenvalue weighted by atomic mass is 10.0. The Morgan fingerprint density at radius 3 is 2.56 bits per heavy atom. The van der Waals surface area contributed by atoms with E-state index in [-0.39, 0.29) is 18.5 Å². The molecule has 0 bridgehead atoms. The molecule has 0 spiro atoms. The summed E-state index contributed by atoms with van der Waals surface area (Å²) in [7, 11) is 0. The number of hydrogen-bond donors (Lipinski definition) is 1. The fraction of sp³-hybridized carbons (Fsp3) is 0.333. The molecule has 0 fully saturated rings. The second-order valence-corrected chi connectivity index (χ2v) is 3.54. The van der Waals surface area contributed by atoms with Crippen LogP contribution in [0.15, 0.2) is 18.2 Å². The molecule has 0 aliphatic carbocycles. The highest BCUT2D eigenvalue weighted by atomic mass is 19.1.